The van der Waals surface area contributed by atoms with Gasteiger partial charge in [0, 0.05) is 13.2 Å². The zero-order valence-electron chi connectivity index (χ0n) is 11.0. The van der Waals surface area contributed by atoms with Crippen molar-refractivity contribution in [3.63, 3.8) is 0 Å². The highest BCUT2D eigenvalue weighted by Crippen LogP contribution is 2.28. The van der Waals surface area contributed by atoms with Gasteiger partial charge in [0.25, 0.3) is 0 Å². The Morgan fingerprint density at radius 3 is 2.76 bits per heavy atom. The molecule has 0 saturated heterocycles. The molecule has 1 N–H and O–H groups in total. The van der Waals surface area contributed by atoms with Crippen LogP contribution in [-0.2, 0) is 14.3 Å². The molecule has 1 atom stereocenters. The minimum absolute atomic E-state index is 0.142. The number of carbonyl (C=O) groups is 1. The van der Waals surface area contributed by atoms with Gasteiger partial charge in [-0.3, -0.25) is 4.79 Å². The maximum atomic E-state index is 11.6. The summed E-state index contributed by atoms with van der Waals surface area (Å²) in [4.78, 5) is 11.6. The van der Waals surface area contributed by atoms with E-state index < -0.39 is 0 Å². The fraction of sp³-hybridized carbons (Fsp3) is 0.923. The van der Waals surface area contributed by atoms with Crippen molar-refractivity contribution < 1.29 is 14.3 Å². The van der Waals surface area contributed by atoms with E-state index in [1.807, 2.05) is 6.92 Å². The van der Waals surface area contributed by atoms with Crippen LogP contribution >= 0.6 is 0 Å². The second-order valence-corrected chi connectivity index (χ2v) is 4.57. The molecule has 1 rings (SSSR count). The minimum Gasteiger partial charge on any atom is -0.465 e. The molecule has 0 spiro atoms. The number of esters is 1. The van der Waals surface area contributed by atoms with Gasteiger partial charge in [-0.05, 0) is 32.1 Å². The highest BCUT2D eigenvalue weighted by atomic mass is 16.5. The van der Waals surface area contributed by atoms with Crippen molar-refractivity contribution in [2.75, 3.05) is 26.4 Å². The Hall–Kier alpha value is -0.610. The topological polar surface area (TPSA) is 47.6 Å². The zero-order valence-corrected chi connectivity index (χ0v) is 11.0. The molecule has 4 heteroatoms. The molecule has 1 saturated carbocycles. The third-order valence-corrected chi connectivity index (χ3v) is 2.84. The van der Waals surface area contributed by atoms with Gasteiger partial charge in [-0.25, -0.2) is 0 Å². The van der Waals surface area contributed by atoms with Crippen LogP contribution in [0.15, 0.2) is 0 Å². The van der Waals surface area contributed by atoms with Crippen LogP contribution in [0.3, 0.4) is 0 Å². The minimum atomic E-state index is -0.176. The van der Waals surface area contributed by atoms with Crippen LogP contribution in [0.4, 0.5) is 0 Å². The predicted octanol–water partition coefficient (Wildman–Crippen LogP) is 1.73. The molecule has 0 amide bonds. The Labute approximate surface area is 104 Å². The van der Waals surface area contributed by atoms with Crippen LogP contribution in [0.5, 0.6) is 0 Å². The Morgan fingerprint density at radius 2 is 2.18 bits per heavy atom. The Balaban J connectivity index is 2.06. The molecule has 17 heavy (non-hydrogen) atoms. The molecule has 0 heterocycles. The quantitative estimate of drug-likeness (QED) is 0.469. The van der Waals surface area contributed by atoms with Gasteiger partial charge < -0.3 is 14.8 Å². The lowest BCUT2D eigenvalue weighted by Crippen LogP contribution is -2.39. The lowest BCUT2D eigenvalue weighted by molar-refractivity contribution is -0.145. The van der Waals surface area contributed by atoms with Crippen LogP contribution in [0, 0.1) is 5.92 Å². The lowest BCUT2D eigenvalue weighted by atomic mass is 10.1. The van der Waals surface area contributed by atoms with Gasteiger partial charge in [0.05, 0.1) is 13.2 Å². The van der Waals surface area contributed by atoms with E-state index in [-0.39, 0.29) is 12.0 Å². The molecule has 0 aromatic heterocycles. The van der Waals surface area contributed by atoms with Gasteiger partial charge in [0.2, 0.25) is 0 Å². The van der Waals surface area contributed by atoms with Gasteiger partial charge in [-0.2, -0.15) is 0 Å². The summed E-state index contributed by atoms with van der Waals surface area (Å²) in [5.41, 5.74) is 0. The van der Waals surface area contributed by atoms with Crippen molar-refractivity contribution in [2.45, 2.75) is 45.6 Å². The first-order chi connectivity index (χ1) is 8.27. The van der Waals surface area contributed by atoms with E-state index >= 15 is 0 Å². The summed E-state index contributed by atoms with van der Waals surface area (Å²) in [6.07, 6.45) is 4.42. The van der Waals surface area contributed by atoms with Crippen LogP contribution in [0.2, 0.25) is 0 Å². The largest absolute Gasteiger partial charge is 0.465 e. The number of nitrogens with one attached hydrogen (secondary N) is 1. The number of rotatable bonds is 10. The second kappa shape index (κ2) is 8.48. The van der Waals surface area contributed by atoms with Crippen LogP contribution < -0.4 is 5.32 Å². The molecule has 0 aliphatic heterocycles. The molecule has 100 valence electrons. The molecule has 4 nitrogen and oxygen atoms in total. The maximum Gasteiger partial charge on any atom is 0.323 e. The maximum absolute atomic E-state index is 11.6. The smallest absolute Gasteiger partial charge is 0.323 e. The molecule has 1 aliphatic carbocycles. The average molecular weight is 243 g/mol. The average Bonchev–Trinajstić information content (AvgIpc) is 3.11. The standard InChI is InChI=1S/C13H25NO3/c1-3-5-12(13(15)17-4-2)14-8-9-16-10-11-6-7-11/h11-12,14H,3-10H2,1-2H3. The van der Waals surface area contributed by atoms with E-state index in [4.69, 9.17) is 9.47 Å². The second-order valence-electron chi connectivity index (χ2n) is 4.57. The van der Waals surface area contributed by atoms with E-state index in [2.05, 4.69) is 12.2 Å². The fourth-order valence-electron chi connectivity index (χ4n) is 1.67. The van der Waals surface area contributed by atoms with Crippen LogP contribution in [-0.4, -0.2) is 38.4 Å². The van der Waals surface area contributed by atoms with Crippen molar-refractivity contribution in [1.82, 2.24) is 5.32 Å². The van der Waals surface area contributed by atoms with Gasteiger partial charge in [0.15, 0.2) is 0 Å². The first-order valence-corrected chi connectivity index (χ1v) is 6.75. The van der Waals surface area contributed by atoms with Crippen LogP contribution in [0.25, 0.3) is 0 Å². The fourth-order valence-corrected chi connectivity index (χ4v) is 1.67. The van der Waals surface area contributed by atoms with E-state index in [0.29, 0.717) is 13.2 Å². The van der Waals surface area contributed by atoms with Crippen LogP contribution in [0.1, 0.15) is 39.5 Å². The van der Waals surface area contributed by atoms with Gasteiger partial charge in [0.1, 0.15) is 6.04 Å². The summed E-state index contributed by atoms with van der Waals surface area (Å²) in [5, 5.41) is 3.20. The van der Waals surface area contributed by atoms with Gasteiger partial charge >= 0.3 is 5.97 Å². The normalized spacial score (nSPS) is 16.8. The highest BCUT2D eigenvalue weighted by Gasteiger charge is 2.21. The van der Waals surface area contributed by atoms with E-state index in [1.54, 1.807) is 0 Å². The predicted molar refractivity (Wildman–Crippen MR) is 66.9 cm³/mol. The third-order valence-electron chi connectivity index (χ3n) is 2.84. The van der Waals surface area contributed by atoms with E-state index in [9.17, 15) is 4.79 Å². The molecule has 0 radical (unpaired) electrons. The number of ether oxygens (including phenoxy) is 2. The molecule has 0 aromatic carbocycles. The number of hydrogen-bond donors (Lipinski definition) is 1. The molecular formula is C13H25NO3. The molecule has 0 aromatic rings. The van der Waals surface area contributed by atoms with Crippen molar-refractivity contribution in [2.24, 2.45) is 5.92 Å². The lowest BCUT2D eigenvalue weighted by Gasteiger charge is -2.16. The highest BCUT2D eigenvalue weighted by molar-refractivity contribution is 5.75. The van der Waals surface area contributed by atoms with Crippen molar-refractivity contribution in [3.05, 3.63) is 0 Å². The SMILES string of the molecule is CCCC(NCCOCC1CC1)C(=O)OCC. The summed E-state index contributed by atoms with van der Waals surface area (Å²) in [5.74, 6) is 0.656. The van der Waals surface area contributed by atoms with Crippen molar-refractivity contribution in [3.8, 4) is 0 Å². The van der Waals surface area contributed by atoms with Gasteiger partial charge in [-0.1, -0.05) is 13.3 Å². The van der Waals surface area contributed by atoms with Gasteiger partial charge in [-0.15, -0.1) is 0 Å². The molecular weight excluding hydrogens is 218 g/mol. The number of hydrogen-bond acceptors (Lipinski definition) is 4. The summed E-state index contributed by atoms with van der Waals surface area (Å²) < 4.78 is 10.5. The van der Waals surface area contributed by atoms with E-state index in [1.165, 1.54) is 12.8 Å². The van der Waals surface area contributed by atoms with Crippen molar-refractivity contribution in [1.29, 1.82) is 0 Å². The summed E-state index contributed by atoms with van der Waals surface area (Å²) >= 11 is 0. The Bertz CT molecular complexity index is 217. The first-order valence-electron chi connectivity index (χ1n) is 6.75. The molecule has 0 bridgehead atoms. The summed E-state index contributed by atoms with van der Waals surface area (Å²) in [6, 6.07) is -0.176. The zero-order chi connectivity index (χ0) is 12.5. The molecule has 1 fully saturated rings. The summed E-state index contributed by atoms with van der Waals surface area (Å²) in [7, 11) is 0. The van der Waals surface area contributed by atoms with E-state index in [0.717, 1.165) is 31.9 Å². The Kier molecular flexibility index (Phi) is 7.21. The third kappa shape index (κ3) is 6.64. The molecule has 1 aliphatic rings. The van der Waals surface area contributed by atoms with Crippen molar-refractivity contribution >= 4 is 5.97 Å². The molecule has 1 unspecified atom stereocenters. The summed E-state index contributed by atoms with van der Waals surface area (Å²) in [6.45, 7) is 6.61. The first kappa shape index (κ1) is 14.5. The number of carbonyl (C=O) groups excluding carboxylic acids is 1. The Morgan fingerprint density at radius 1 is 1.41 bits per heavy atom. The monoisotopic (exact) mass is 243 g/mol.